The molecule has 0 aliphatic carbocycles. The van der Waals surface area contributed by atoms with Crippen LogP contribution in [0.2, 0.25) is 0 Å². The number of amides is 4. The second-order valence-corrected chi connectivity index (χ2v) is 19.9. The second kappa shape index (κ2) is 19.8. The van der Waals surface area contributed by atoms with Crippen molar-refractivity contribution >= 4 is 51.9 Å². The summed E-state index contributed by atoms with van der Waals surface area (Å²) in [5, 5.41) is 22.5. The van der Waals surface area contributed by atoms with Crippen molar-refractivity contribution in [3.8, 4) is 11.3 Å². The lowest BCUT2D eigenvalue weighted by Gasteiger charge is -2.32. The largest absolute Gasteiger partial charge is 0.444 e. The third kappa shape index (κ3) is 10.7. The Balaban J connectivity index is 0.696. The van der Waals surface area contributed by atoms with Crippen LogP contribution in [-0.4, -0.2) is 117 Å². The maximum Gasteiger partial charge on any atom is 0.413 e. The number of nitrogens with one attached hydrogen (secondary N) is 3. The van der Waals surface area contributed by atoms with Crippen LogP contribution in [0.1, 0.15) is 97.5 Å². The molecule has 2 fully saturated rings. The number of carbonyl (C=O) groups is 4. The van der Waals surface area contributed by atoms with Crippen molar-refractivity contribution in [1.29, 1.82) is 0 Å². The van der Waals surface area contributed by atoms with E-state index in [1.165, 1.54) is 6.07 Å². The Morgan fingerprint density at radius 2 is 1.70 bits per heavy atom. The summed E-state index contributed by atoms with van der Waals surface area (Å²) in [7, 11) is 2.02. The fraction of sp³-hybridized carbons (Fsp3) is 0.404. The number of rotatable bonds is 11. The summed E-state index contributed by atoms with van der Waals surface area (Å²) >= 11 is 0. The van der Waals surface area contributed by atoms with Crippen molar-refractivity contribution in [1.82, 2.24) is 54.5 Å². The zero-order chi connectivity index (χ0) is 49.4. The van der Waals surface area contributed by atoms with Crippen LogP contribution < -0.4 is 16.0 Å². The second-order valence-electron chi connectivity index (χ2n) is 19.9. The third-order valence-electron chi connectivity index (χ3n) is 13.7. The van der Waals surface area contributed by atoms with Gasteiger partial charge in [0, 0.05) is 80.9 Å². The molecular formula is C52H58FN13O5. The summed E-state index contributed by atoms with van der Waals surface area (Å²) < 4.78 is 24.8. The van der Waals surface area contributed by atoms with Crippen LogP contribution in [0, 0.1) is 5.82 Å². The Morgan fingerprint density at radius 1 is 0.873 bits per heavy atom. The molecule has 1 aromatic carbocycles. The first-order valence-electron chi connectivity index (χ1n) is 24.3. The van der Waals surface area contributed by atoms with Gasteiger partial charge in [-0.25, -0.2) is 14.2 Å². The van der Waals surface area contributed by atoms with Gasteiger partial charge in [-0.1, -0.05) is 12.1 Å². The summed E-state index contributed by atoms with van der Waals surface area (Å²) in [6.45, 7) is 11.7. The monoisotopic (exact) mass is 963 g/mol. The van der Waals surface area contributed by atoms with Crippen LogP contribution in [0.3, 0.4) is 0 Å². The van der Waals surface area contributed by atoms with E-state index in [0.717, 1.165) is 96.9 Å². The van der Waals surface area contributed by atoms with Crippen LogP contribution in [0.4, 0.5) is 20.7 Å². The van der Waals surface area contributed by atoms with Crippen LogP contribution in [0.15, 0.2) is 79.1 Å². The highest BCUT2D eigenvalue weighted by atomic mass is 19.1. The highest BCUT2D eigenvalue weighted by Crippen LogP contribution is 2.33. The number of pyridine rings is 2. The lowest BCUT2D eigenvalue weighted by atomic mass is 9.89. The van der Waals surface area contributed by atoms with Crippen molar-refractivity contribution < 1.29 is 28.3 Å². The van der Waals surface area contributed by atoms with Crippen LogP contribution in [-0.2, 0) is 47.6 Å². The normalized spacial score (nSPS) is 18.2. The number of benzene rings is 1. The third-order valence-corrected chi connectivity index (χ3v) is 13.7. The maximum absolute atomic E-state index is 15.3. The molecule has 18 nitrogen and oxygen atoms in total. The van der Waals surface area contributed by atoms with E-state index < -0.39 is 17.7 Å². The Labute approximate surface area is 410 Å². The maximum atomic E-state index is 15.3. The first-order chi connectivity index (χ1) is 34.2. The number of hydrogen-bond donors (Lipinski definition) is 3. The van der Waals surface area contributed by atoms with Gasteiger partial charge in [0.25, 0.3) is 5.91 Å². The minimum Gasteiger partial charge on any atom is -0.444 e. The summed E-state index contributed by atoms with van der Waals surface area (Å²) in [6, 6.07) is 18.1. The molecular weight excluding hydrogens is 906 g/mol. The molecule has 19 heteroatoms. The van der Waals surface area contributed by atoms with Gasteiger partial charge in [-0.2, -0.15) is 5.10 Å². The smallest absolute Gasteiger partial charge is 0.413 e. The number of aromatic nitrogens is 7. The zero-order valence-electron chi connectivity index (χ0n) is 40.5. The van der Waals surface area contributed by atoms with Gasteiger partial charge in [0.05, 0.1) is 41.4 Å². The average Bonchev–Trinajstić information content (AvgIpc) is 3.91. The molecule has 9 heterocycles. The Morgan fingerprint density at radius 3 is 2.42 bits per heavy atom. The molecule has 1 atom stereocenters. The summed E-state index contributed by atoms with van der Waals surface area (Å²) in [5.41, 5.74) is 8.66. The van der Waals surface area contributed by atoms with E-state index >= 15 is 4.39 Å². The van der Waals surface area contributed by atoms with E-state index in [9.17, 15) is 19.2 Å². The molecule has 71 heavy (non-hydrogen) atoms. The molecule has 4 aliphatic rings. The number of nitrogens with zero attached hydrogens (tertiary/aromatic N) is 10. The minimum atomic E-state index is -0.626. The minimum absolute atomic E-state index is 0.0530. The quantitative estimate of drug-likeness (QED) is 0.117. The summed E-state index contributed by atoms with van der Waals surface area (Å²) in [5.74, 6) is -0.621. The molecule has 6 aromatic rings. The zero-order valence-corrected chi connectivity index (χ0v) is 40.5. The van der Waals surface area contributed by atoms with Gasteiger partial charge in [0.2, 0.25) is 11.8 Å². The van der Waals surface area contributed by atoms with Crippen LogP contribution in [0.25, 0.3) is 27.9 Å². The molecule has 4 amide bonds. The number of hydrogen-bond acceptors (Lipinski definition) is 13. The number of likely N-dealkylation sites (tertiary alicyclic amines) is 1. The number of anilines is 2. The Bertz CT molecular complexity index is 3030. The van der Waals surface area contributed by atoms with Crippen molar-refractivity contribution in [3.05, 3.63) is 119 Å². The number of carbonyl (C=O) groups excluding carboxylic acids is 4. The molecule has 5 aromatic heterocycles. The number of halogens is 1. The summed E-state index contributed by atoms with van der Waals surface area (Å²) in [6.07, 6.45) is 8.19. The lowest BCUT2D eigenvalue weighted by Crippen LogP contribution is -2.47. The molecule has 1 unspecified atom stereocenters. The standard InChI is InChI=1S/C52H58FN13O5/c1-52(2,3)71-51(70)57-46-11-9-44(59-60-46)40-13-18-54-48-41(40)27-37(62(48)4)30-64-21-16-33(17-22-64)43-8-5-34(28-55-43)50(69)65-23-24-66-38(31-65)25-36(61-66)29-63-19-14-32(15-20-63)39-7-6-35(26-42(39)53)56-45-10-12-47(67)58-49(45)68/h5-9,11,13,16,18,25-28,32,45,56H,10,12,14-15,17,19-24,29-31H2,1-4H3,(H,57,60,70)(H,58,67,68). The highest BCUT2D eigenvalue weighted by Gasteiger charge is 2.29. The molecule has 3 N–H and O–H groups in total. The van der Waals surface area contributed by atoms with E-state index in [4.69, 9.17) is 14.8 Å². The van der Waals surface area contributed by atoms with Gasteiger partial charge in [-0.15, -0.1) is 10.2 Å². The lowest BCUT2D eigenvalue weighted by molar-refractivity contribution is -0.133. The first kappa shape index (κ1) is 47.3. The molecule has 0 radical (unpaired) electrons. The van der Waals surface area contributed by atoms with Crippen LogP contribution >= 0.6 is 0 Å². The van der Waals surface area contributed by atoms with Gasteiger partial charge < -0.3 is 19.5 Å². The van der Waals surface area contributed by atoms with E-state index in [1.807, 2.05) is 53.0 Å². The molecule has 0 bridgehead atoms. The molecule has 0 spiro atoms. The van der Waals surface area contributed by atoms with E-state index in [1.54, 1.807) is 39.2 Å². The van der Waals surface area contributed by atoms with Crippen molar-refractivity contribution in [2.24, 2.45) is 7.05 Å². The van der Waals surface area contributed by atoms with Crippen LogP contribution in [0.5, 0.6) is 0 Å². The van der Waals surface area contributed by atoms with E-state index in [0.29, 0.717) is 60.9 Å². The molecule has 368 valence electrons. The van der Waals surface area contributed by atoms with Gasteiger partial charge in [0.15, 0.2) is 5.82 Å². The van der Waals surface area contributed by atoms with Gasteiger partial charge >= 0.3 is 6.09 Å². The first-order valence-corrected chi connectivity index (χ1v) is 24.3. The predicted octanol–water partition coefficient (Wildman–Crippen LogP) is 6.65. The topological polar surface area (TPSA) is 198 Å². The van der Waals surface area contributed by atoms with Gasteiger partial charge in [0.1, 0.15) is 23.1 Å². The highest BCUT2D eigenvalue weighted by molar-refractivity contribution is 6.01. The fourth-order valence-corrected chi connectivity index (χ4v) is 9.99. The number of fused-ring (bicyclic) bond motifs is 2. The van der Waals surface area contributed by atoms with E-state index in [-0.39, 0.29) is 35.9 Å². The number of ether oxygens (including phenoxy) is 1. The Kier molecular flexibility index (Phi) is 13.2. The van der Waals surface area contributed by atoms with Crippen molar-refractivity contribution in [2.75, 3.05) is 43.4 Å². The van der Waals surface area contributed by atoms with Crippen molar-refractivity contribution in [2.45, 2.75) is 96.6 Å². The Hall–Kier alpha value is -7.38. The average molecular weight is 964 g/mol. The fourth-order valence-electron chi connectivity index (χ4n) is 9.99. The van der Waals surface area contributed by atoms with E-state index in [2.05, 4.69) is 63.7 Å². The predicted molar refractivity (Wildman–Crippen MR) is 264 cm³/mol. The number of imide groups is 1. The van der Waals surface area contributed by atoms with Gasteiger partial charge in [-0.3, -0.25) is 44.5 Å². The molecule has 2 saturated heterocycles. The molecule has 10 rings (SSSR count). The summed E-state index contributed by atoms with van der Waals surface area (Å²) in [4.78, 5) is 65.7. The molecule has 4 aliphatic heterocycles. The SMILES string of the molecule is Cn1c(CN2CC=C(c3ccc(C(=O)N4CCn5nc(CN6CCC(c7ccc(NC8CCC(=O)NC8=O)cc7F)CC6)cc5C4)cn3)CC2)cc2c(-c3ccc(NC(=O)OC(C)(C)C)nn3)ccnc21. The molecule has 0 saturated carbocycles. The van der Waals surface area contributed by atoms with Crippen molar-refractivity contribution in [3.63, 3.8) is 0 Å². The number of piperidine rings is 2. The number of aryl methyl sites for hydroxylation is 1. The van der Waals surface area contributed by atoms with Gasteiger partial charge in [-0.05, 0) is 131 Å².